The number of alkyl halides is 1. The minimum Gasteiger partial charge on any atom is -0.463 e. The van der Waals surface area contributed by atoms with E-state index in [9.17, 15) is 5.11 Å². The number of aliphatic hydroxyl groups excluding tert-OH is 1. The Kier molecular flexibility index (Phi) is 3.24. The van der Waals surface area contributed by atoms with Crippen molar-refractivity contribution >= 4 is 15.9 Å². The molecule has 1 atom stereocenters. The number of halogens is 1. The maximum atomic E-state index is 9.71. The topological polar surface area (TPSA) is 38.7 Å². The van der Waals surface area contributed by atoms with E-state index < -0.39 is 11.9 Å². The fourth-order valence-electron chi connectivity index (χ4n) is 1.65. The molecule has 0 aliphatic carbocycles. The van der Waals surface area contributed by atoms with Crippen LogP contribution in [0.1, 0.15) is 31.1 Å². The number of ether oxygens (including phenoxy) is 2. The van der Waals surface area contributed by atoms with Crippen molar-refractivity contribution in [3.05, 3.63) is 29.3 Å². The average molecular weight is 287 g/mol. The van der Waals surface area contributed by atoms with Gasteiger partial charge in [-0.1, -0.05) is 22.0 Å². The molecule has 88 valence electrons. The van der Waals surface area contributed by atoms with Gasteiger partial charge in [-0.15, -0.1) is 0 Å². The molecule has 0 aromatic heterocycles. The third kappa shape index (κ3) is 2.39. The third-order valence-corrected chi connectivity index (χ3v) is 3.16. The number of aliphatic hydroxyl groups is 1. The van der Waals surface area contributed by atoms with Crippen molar-refractivity contribution in [1.29, 1.82) is 0 Å². The van der Waals surface area contributed by atoms with E-state index in [0.29, 0.717) is 11.9 Å². The predicted molar refractivity (Wildman–Crippen MR) is 64.7 cm³/mol. The van der Waals surface area contributed by atoms with Crippen LogP contribution in [0, 0.1) is 0 Å². The van der Waals surface area contributed by atoms with Crippen molar-refractivity contribution in [1.82, 2.24) is 0 Å². The summed E-state index contributed by atoms with van der Waals surface area (Å²) in [6.45, 7) is 4.29. The fraction of sp³-hybridized carbons (Fsp3) is 0.500. The highest BCUT2D eigenvalue weighted by atomic mass is 79.9. The second-order valence-electron chi connectivity index (χ2n) is 4.33. The maximum Gasteiger partial charge on any atom is 0.205 e. The highest BCUT2D eigenvalue weighted by molar-refractivity contribution is 9.09. The van der Waals surface area contributed by atoms with Crippen LogP contribution in [0.5, 0.6) is 5.75 Å². The van der Waals surface area contributed by atoms with E-state index in [1.807, 2.05) is 32.0 Å². The van der Waals surface area contributed by atoms with Crippen molar-refractivity contribution in [3.8, 4) is 5.75 Å². The zero-order valence-corrected chi connectivity index (χ0v) is 11.0. The minimum absolute atomic E-state index is 0.486. The Bertz CT molecular complexity index is 390. The Morgan fingerprint density at radius 1 is 1.50 bits per heavy atom. The summed E-state index contributed by atoms with van der Waals surface area (Å²) in [6.07, 6.45) is -0.486. The first-order chi connectivity index (χ1) is 7.52. The summed E-state index contributed by atoms with van der Waals surface area (Å²) in [6, 6.07) is 5.70. The molecule has 0 saturated heterocycles. The van der Waals surface area contributed by atoms with Crippen LogP contribution >= 0.6 is 15.9 Å². The molecule has 2 rings (SSSR count). The van der Waals surface area contributed by atoms with Crippen molar-refractivity contribution in [2.75, 3.05) is 5.33 Å². The van der Waals surface area contributed by atoms with Gasteiger partial charge in [-0.3, -0.25) is 0 Å². The van der Waals surface area contributed by atoms with Gasteiger partial charge in [0, 0.05) is 24.7 Å². The molecule has 0 unspecified atom stereocenters. The van der Waals surface area contributed by atoms with Crippen LogP contribution in [-0.2, 0) is 11.3 Å². The quantitative estimate of drug-likeness (QED) is 0.850. The largest absolute Gasteiger partial charge is 0.463 e. The van der Waals surface area contributed by atoms with E-state index in [0.717, 1.165) is 16.9 Å². The van der Waals surface area contributed by atoms with Gasteiger partial charge in [0.15, 0.2) is 0 Å². The van der Waals surface area contributed by atoms with E-state index in [4.69, 9.17) is 9.47 Å². The molecule has 0 radical (unpaired) electrons. The first-order valence-corrected chi connectivity index (χ1v) is 6.34. The first kappa shape index (κ1) is 11.9. The molecule has 1 aromatic carbocycles. The monoisotopic (exact) mass is 286 g/mol. The van der Waals surface area contributed by atoms with Gasteiger partial charge in [-0.25, -0.2) is 0 Å². The number of hydrogen-bond acceptors (Lipinski definition) is 3. The molecule has 1 N–H and O–H groups in total. The van der Waals surface area contributed by atoms with Gasteiger partial charge in [0.25, 0.3) is 0 Å². The van der Waals surface area contributed by atoms with Crippen molar-refractivity contribution in [2.24, 2.45) is 0 Å². The molecule has 1 aliphatic heterocycles. The Morgan fingerprint density at radius 2 is 2.25 bits per heavy atom. The molecule has 1 aliphatic rings. The standard InChI is InChI=1S/C12H15BrO3/c1-12(2)15-7-9-5-8(10(14)6-13)3-4-11(9)16-12/h3-5,10,14H,6-7H2,1-2H3/t10-/m1/s1. The first-order valence-electron chi connectivity index (χ1n) is 5.22. The van der Waals surface area contributed by atoms with Gasteiger partial charge in [-0.2, -0.15) is 0 Å². The second-order valence-corrected chi connectivity index (χ2v) is 4.98. The lowest BCUT2D eigenvalue weighted by molar-refractivity contribution is -0.180. The van der Waals surface area contributed by atoms with Gasteiger partial charge in [0.05, 0.1) is 12.7 Å². The number of rotatable bonds is 2. The third-order valence-electron chi connectivity index (χ3n) is 2.55. The summed E-state index contributed by atoms with van der Waals surface area (Å²) in [5.41, 5.74) is 1.86. The minimum atomic E-state index is -0.567. The van der Waals surface area contributed by atoms with Crippen LogP contribution in [0.4, 0.5) is 0 Å². The molecule has 1 heterocycles. The molecule has 0 saturated carbocycles. The molecule has 16 heavy (non-hydrogen) atoms. The Labute approximate surface area is 104 Å². The summed E-state index contributed by atoms with van der Waals surface area (Å²) >= 11 is 3.25. The molecule has 0 spiro atoms. The highest BCUT2D eigenvalue weighted by Crippen LogP contribution is 2.33. The maximum absolute atomic E-state index is 9.71. The summed E-state index contributed by atoms with van der Waals surface area (Å²) in [5, 5.41) is 10.2. The van der Waals surface area contributed by atoms with Crippen LogP contribution in [-0.4, -0.2) is 16.2 Å². The fourth-order valence-corrected chi connectivity index (χ4v) is 2.03. The smallest absolute Gasteiger partial charge is 0.205 e. The SMILES string of the molecule is CC1(C)OCc2cc([C@H](O)CBr)ccc2O1. The normalized spacial score (nSPS) is 19.8. The predicted octanol–water partition coefficient (Wildman–Crippen LogP) is 2.76. The summed E-state index contributed by atoms with van der Waals surface area (Å²) in [4.78, 5) is 0. The zero-order chi connectivity index (χ0) is 11.8. The van der Waals surface area contributed by atoms with E-state index in [-0.39, 0.29) is 0 Å². The summed E-state index contributed by atoms with van der Waals surface area (Å²) in [5.74, 6) is 0.268. The van der Waals surface area contributed by atoms with E-state index in [2.05, 4.69) is 15.9 Å². The van der Waals surface area contributed by atoms with Crippen molar-refractivity contribution in [2.45, 2.75) is 32.3 Å². The summed E-state index contributed by atoms with van der Waals surface area (Å²) in [7, 11) is 0. The molecule has 4 heteroatoms. The van der Waals surface area contributed by atoms with Crippen LogP contribution in [0.3, 0.4) is 0 Å². The molecule has 0 amide bonds. The zero-order valence-electron chi connectivity index (χ0n) is 9.37. The van der Waals surface area contributed by atoms with Gasteiger partial charge >= 0.3 is 0 Å². The van der Waals surface area contributed by atoms with Crippen LogP contribution in [0.15, 0.2) is 18.2 Å². The average Bonchev–Trinajstić information content (AvgIpc) is 2.26. The van der Waals surface area contributed by atoms with Gasteiger partial charge in [-0.05, 0) is 17.7 Å². The molecular weight excluding hydrogens is 272 g/mol. The molecule has 0 bridgehead atoms. The molecule has 3 nitrogen and oxygen atoms in total. The van der Waals surface area contributed by atoms with Crippen LogP contribution < -0.4 is 4.74 Å². The Balaban J connectivity index is 2.28. The second kappa shape index (κ2) is 4.35. The van der Waals surface area contributed by atoms with Gasteiger partial charge in [0.2, 0.25) is 5.79 Å². The number of benzene rings is 1. The Morgan fingerprint density at radius 3 is 2.94 bits per heavy atom. The Hall–Kier alpha value is -0.580. The van der Waals surface area contributed by atoms with Crippen LogP contribution in [0.2, 0.25) is 0 Å². The van der Waals surface area contributed by atoms with Gasteiger partial charge in [0.1, 0.15) is 5.75 Å². The number of hydrogen-bond donors (Lipinski definition) is 1. The summed E-state index contributed by atoms with van der Waals surface area (Å²) < 4.78 is 11.2. The highest BCUT2D eigenvalue weighted by Gasteiger charge is 2.27. The lowest BCUT2D eigenvalue weighted by Gasteiger charge is -2.32. The van der Waals surface area contributed by atoms with E-state index >= 15 is 0 Å². The lowest BCUT2D eigenvalue weighted by Crippen LogP contribution is -2.35. The van der Waals surface area contributed by atoms with Crippen molar-refractivity contribution < 1.29 is 14.6 Å². The van der Waals surface area contributed by atoms with E-state index in [1.165, 1.54) is 0 Å². The molecule has 0 fully saturated rings. The van der Waals surface area contributed by atoms with Gasteiger partial charge < -0.3 is 14.6 Å². The molecular formula is C12H15BrO3. The number of fused-ring (bicyclic) bond motifs is 1. The van der Waals surface area contributed by atoms with E-state index in [1.54, 1.807) is 0 Å². The van der Waals surface area contributed by atoms with Crippen molar-refractivity contribution in [3.63, 3.8) is 0 Å². The molecule has 1 aromatic rings. The van der Waals surface area contributed by atoms with Crippen LogP contribution in [0.25, 0.3) is 0 Å². The lowest BCUT2D eigenvalue weighted by atomic mass is 10.1.